The highest BCUT2D eigenvalue weighted by atomic mass is 31.2. The van der Waals surface area contributed by atoms with E-state index in [1.165, 1.54) is 51.4 Å². The molecule has 0 aromatic heterocycles. The van der Waals surface area contributed by atoms with Gasteiger partial charge in [0.25, 0.3) is 0 Å². The van der Waals surface area contributed by atoms with Crippen LogP contribution in [0.5, 0.6) is 0 Å². The number of carbonyl (C=O) groups excluding carboxylic acids is 4. The van der Waals surface area contributed by atoms with E-state index in [4.69, 9.17) is 37.0 Å². The summed E-state index contributed by atoms with van der Waals surface area (Å²) in [4.78, 5) is 72.9. The average molecular weight is 1500 g/mol. The molecule has 0 rings (SSSR count). The molecular weight excluding hydrogens is 1350 g/mol. The number of ether oxygens (including phenoxy) is 4. The van der Waals surface area contributed by atoms with E-state index in [0.29, 0.717) is 32.1 Å². The monoisotopic (exact) mass is 1500 g/mol. The smallest absolute Gasteiger partial charge is 0.462 e. The highest BCUT2D eigenvalue weighted by Gasteiger charge is 2.30. The molecule has 0 heterocycles. The largest absolute Gasteiger partial charge is 0.472 e. The fraction of sp³-hybridized carbons (Fsp3) is 0.671. The molecule has 0 fully saturated rings. The molecule has 0 bridgehead atoms. The highest BCUT2D eigenvalue weighted by Crippen LogP contribution is 2.45. The Balaban J connectivity index is 5.40. The second kappa shape index (κ2) is 76.1. The van der Waals surface area contributed by atoms with E-state index >= 15 is 0 Å². The zero-order valence-corrected chi connectivity index (χ0v) is 66.7. The summed E-state index contributed by atoms with van der Waals surface area (Å²) in [5.41, 5.74) is 0. The predicted molar refractivity (Wildman–Crippen MR) is 427 cm³/mol. The summed E-state index contributed by atoms with van der Waals surface area (Å²) >= 11 is 0. The van der Waals surface area contributed by atoms with Crippen LogP contribution in [-0.4, -0.2) is 96.7 Å². The van der Waals surface area contributed by atoms with Gasteiger partial charge in [-0.05, 0) is 148 Å². The maximum absolute atomic E-state index is 13.1. The van der Waals surface area contributed by atoms with E-state index in [1.54, 1.807) is 0 Å². The van der Waals surface area contributed by atoms with Crippen LogP contribution in [-0.2, 0) is 65.4 Å². The van der Waals surface area contributed by atoms with Gasteiger partial charge in [0.1, 0.15) is 19.3 Å². The van der Waals surface area contributed by atoms with E-state index in [-0.39, 0.29) is 25.7 Å². The first-order valence-corrected chi connectivity index (χ1v) is 43.1. The SMILES string of the molecule is CC/C=C\C/C=C\C/C=C\C/C=C\C/C=C\C/C=C\CCC(=O)OCC(COP(=O)(O)OCC(O)COP(=O)(O)OCC(COC(=O)CCCCCCCC/C=C\C/C=C\C/C=C\C/C=C\CC)OC(=O)CCCCCCC/C=C\CCCC)OC(=O)CCCCCCC/C=C\CCCCCCCC. The molecular formula is C85H142O17P2. The van der Waals surface area contributed by atoms with Crippen LogP contribution in [0.1, 0.15) is 310 Å². The molecule has 17 nitrogen and oxygen atoms in total. The van der Waals surface area contributed by atoms with Crippen molar-refractivity contribution in [3.8, 4) is 0 Å². The zero-order valence-electron chi connectivity index (χ0n) is 64.9. The van der Waals surface area contributed by atoms with Crippen LogP contribution < -0.4 is 0 Å². The third-order valence-electron chi connectivity index (χ3n) is 16.3. The number of aliphatic hydroxyl groups excluding tert-OH is 1. The lowest BCUT2D eigenvalue weighted by molar-refractivity contribution is -0.161. The van der Waals surface area contributed by atoms with Gasteiger partial charge in [0, 0.05) is 25.7 Å². The van der Waals surface area contributed by atoms with Crippen LogP contribution in [0.4, 0.5) is 0 Å². The Kier molecular flexibility index (Phi) is 72.4. The highest BCUT2D eigenvalue weighted by molar-refractivity contribution is 7.47. The van der Waals surface area contributed by atoms with E-state index in [1.807, 2.05) is 18.2 Å². The number of rotatable bonds is 74. The van der Waals surface area contributed by atoms with Gasteiger partial charge < -0.3 is 33.8 Å². The van der Waals surface area contributed by atoms with Gasteiger partial charge in [-0.25, -0.2) is 9.13 Å². The summed E-state index contributed by atoms with van der Waals surface area (Å²) in [5, 5.41) is 10.6. The second-order valence-corrected chi connectivity index (χ2v) is 29.1. The summed E-state index contributed by atoms with van der Waals surface area (Å²) in [7, 11) is -9.99. The summed E-state index contributed by atoms with van der Waals surface area (Å²) in [6.45, 7) is 4.49. The molecule has 5 unspecified atom stereocenters. The van der Waals surface area contributed by atoms with E-state index in [0.717, 1.165) is 173 Å². The van der Waals surface area contributed by atoms with E-state index < -0.39 is 97.5 Å². The maximum atomic E-state index is 13.1. The first-order chi connectivity index (χ1) is 50.7. The van der Waals surface area contributed by atoms with Crippen molar-refractivity contribution in [1.29, 1.82) is 0 Å². The number of esters is 4. The van der Waals surface area contributed by atoms with Crippen molar-refractivity contribution in [2.45, 2.75) is 329 Å². The van der Waals surface area contributed by atoms with Crippen molar-refractivity contribution in [2.75, 3.05) is 39.6 Å². The maximum Gasteiger partial charge on any atom is 0.472 e. The third-order valence-corrected chi connectivity index (χ3v) is 18.2. The number of carbonyl (C=O) groups is 4. The van der Waals surface area contributed by atoms with Crippen LogP contribution >= 0.6 is 15.6 Å². The Morgan fingerprint density at radius 1 is 0.279 bits per heavy atom. The molecule has 0 amide bonds. The number of allylic oxidation sites excluding steroid dienone is 24. The van der Waals surface area contributed by atoms with Crippen molar-refractivity contribution < 1.29 is 80.2 Å². The van der Waals surface area contributed by atoms with Gasteiger partial charge in [0.2, 0.25) is 0 Å². The van der Waals surface area contributed by atoms with Crippen LogP contribution in [0.3, 0.4) is 0 Å². The van der Waals surface area contributed by atoms with Crippen LogP contribution in [0, 0.1) is 0 Å². The molecule has 0 saturated heterocycles. The minimum atomic E-state index is -5.00. The standard InChI is InChI=1S/C85H142O17P2/c1-5-9-13-17-21-25-29-32-35-37-39-41-44-46-50-53-57-61-65-69-82(87)95-75-80(101-84(89)71-67-63-59-55-49-28-24-20-16-12-8-4)77-99-103(91,92)97-73-79(86)74-98-104(93,94)100-78-81(102-85(90)72-68-64-60-56-52-48-43-34-31-27-23-19-15-11-7-3)76-96-83(88)70-66-62-58-54-51-47-45-42-40-38-36-33-30-26-22-18-14-10-6-2/h9-10,13-14,20-22,24-26,32-36,39-43,47,51,58,62,79-81,86H,5-8,11-12,15-19,23,27-31,37-38,44-46,48-50,52-57,59-61,63-78H2,1-4H3,(H,91,92)(H,93,94)/b13-9-,14-10-,24-20-,25-21-,26-22-,35-32-,36-33-,41-39-,42-40-,43-34-,51-47-,62-58-. The molecule has 19 heteroatoms. The molecule has 0 spiro atoms. The van der Waals surface area contributed by atoms with Gasteiger partial charge in [0.15, 0.2) is 12.2 Å². The van der Waals surface area contributed by atoms with Crippen molar-refractivity contribution in [3.63, 3.8) is 0 Å². The van der Waals surface area contributed by atoms with E-state index in [2.05, 4.69) is 155 Å². The van der Waals surface area contributed by atoms with Gasteiger partial charge in [-0.2, -0.15) is 0 Å². The number of aliphatic hydroxyl groups is 1. The van der Waals surface area contributed by atoms with Crippen molar-refractivity contribution in [1.82, 2.24) is 0 Å². The normalized spacial score (nSPS) is 14.6. The fourth-order valence-corrected chi connectivity index (χ4v) is 11.8. The number of unbranched alkanes of at least 4 members (excludes halogenated alkanes) is 24. The lowest BCUT2D eigenvalue weighted by Gasteiger charge is -2.21. The Labute approximate surface area is 630 Å². The molecule has 104 heavy (non-hydrogen) atoms. The molecule has 0 aliphatic carbocycles. The first kappa shape index (κ1) is 98.9. The molecule has 0 aliphatic rings. The summed E-state index contributed by atoms with van der Waals surface area (Å²) in [5.74, 6) is -2.31. The molecule has 0 aromatic rings. The molecule has 3 N–H and O–H groups in total. The van der Waals surface area contributed by atoms with Gasteiger partial charge in [-0.15, -0.1) is 0 Å². The van der Waals surface area contributed by atoms with Crippen LogP contribution in [0.2, 0.25) is 0 Å². The third kappa shape index (κ3) is 75.2. The Bertz CT molecular complexity index is 2540. The number of hydrogen-bond acceptors (Lipinski definition) is 15. The van der Waals surface area contributed by atoms with Crippen molar-refractivity contribution in [2.24, 2.45) is 0 Å². The van der Waals surface area contributed by atoms with Gasteiger partial charge in [0.05, 0.1) is 26.4 Å². The summed E-state index contributed by atoms with van der Waals surface area (Å²) in [6, 6.07) is 0. The van der Waals surface area contributed by atoms with Crippen molar-refractivity contribution in [3.05, 3.63) is 146 Å². The first-order valence-electron chi connectivity index (χ1n) is 40.1. The predicted octanol–water partition coefficient (Wildman–Crippen LogP) is 23.4. The quantitative estimate of drug-likeness (QED) is 0.0169. The zero-order chi connectivity index (χ0) is 76.0. The molecule has 0 radical (unpaired) electrons. The Morgan fingerprint density at radius 3 is 0.865 bits per heavy atom. The number of phosphoric acid groups is 2. The topological polar surface area (TPSA) is 237 Å². The molecule has 0 aliphatic heterocycles. The fourth-order valence-electron chi connectivity index (χ4n) is 10.2. The lowest BCUT2D eigenvalue weighted by atomic mass is 10.1. The van der Waals surface area contributed by atoms with Crippen LogP contribution in [0.15, 0.2) is 146 Å². The van der Waals surface area contributed by atoms with Gasteiger partial charge in [-0.1, -0.05) is 283 Å². The van der Waals surface area contributed by atoms with Crippen LogP contribution in [0.25, 0.3) is 0 Å². The number of hydrogen-bond donors (Lipinski definition) is 3. The summed E-state index contributed by atoms with van der Waals surface area (Å²) in [6.07, 6.45) is 87.0. The second-order valence-electron chi connectivity index (χ2n) is 26.2. The minimum Gasteiger partial charge on any atom is -0.462 e. The molecule has 0 aromatic carbocycles. The average Bonchev–Trinajstić information content (AvgIpc) is 0.929. The van der Waals surface area contributed by atoms with Crippen molar-refractivity contribution >= 4 is 39.5 Å². The van der Waals surface area contributed by atoms with E-state index in [9.17, 15) is 43.2 Å². The van der Waals surface area contributed by atoms with Gasteiger partial charge in [-0.3, -0.25) is 37.3 Å². The minimum absolute atomic E-state index is 0.0315. The Morgan fingerprint density at radius 2 is 0.529 bits per heavy atom. The van der Waals surface area contributed by atoms with Gasteiger partial charge >= 0.3 is 39.5 Å². The molecule has 0 saturated carbocycles. The molecule has 594 valence electrons. The molecule has 5 atom stereocenters. The number of phosphoric ester groups is 2. The summed E-state index contributed by atoms with van der Waals surface area (Å²) < 4.78 is 68.5. The lowest BCUT2D eigenvalue weighted by Crippen LogP contribution is -2.30. The Hall–Kier alpha value is -5.06.